The van der Waals surface area contributed by atoms with Crippen molar-refractivity contribution in [1.29, 1.82) is 0 Å². The highest BCUT2D eigenvalue weighted by atomic mass is 32.2. The summed E-state index contributed by atoms with van der Waals surface area (Å²) in [5, 5.41) is 6.41. The average molecular weight is 312 g/mol. The molecule has 1 aromatic carbocycles. The molecule has 0 aliphatic carbocycles. The number of aryl methyl sites for hydroxylation is 2. The molecule has 0 amide bonds. The average Bonchev–Trinajstić information content (AvgIpc) is 2.82. The molecule has 1 heterocycles. The first-order valence-corrected chi connectivity index (χ1v) is 7.86. The number of hydrogen-bond acceptors (Lipinski definition) is 4. The number of sulfonamides is 1. The number of hydrogen-bond donors (Lipinski definition) is 3. The van der Waals surface area contributed by atoms with E-state index in [2.05, 4.69) is 14.9 Å². The molecule has 0 bridgehead atoms. The molecule has 0 unspecified atom stereocenters. The predicted octanol–water partition coefficient (Wildman–Crippen LogP) is 2.11. The van der Waals surface area contributed by atoms with Gasteiger partial charge in [0.2, 0.25) is 0 Å². The molecular weight excluding hydrogens is 295 g/mol. The molecule has 0 spiro atoms. The van der Waals surface area contributed by atoms with E-state index in [-0.39, 0.29) is 16.1 Å². The van der Waals surface area contributed by atoms with Crippen molar-refractivity contribution < 1.29 is 12.8 Å². The standard InChI is InChI=1S/C13H17FN4O2S/c1-4-9-6-16-17-13(9)18-21(19,20)12-7(2)5-10(14)11(15)8(12)3/h5-6H,4,15H2,1-3H3,(H2,16,17,18). The molecule has 2 rings (SSSR count). The number of anilines is 2. The summed E-state index contributed by atoms with van der Waals surface area (Å²) in [7, 11) is -3.88. The lowest BCUT2D eigenvalue weighted by Gasteiger charge is -2.14. The van der Waals surface area contributed by atoms with Crippen molar-refractivity contribution in [2.45, 2.75) is 32.1 Å². The Morgan fingerprint density at radius 3 is 2.71 bits per heavy atom. The van der Waals surface area contributed by atoms with Crippen LogP contribution in [0.1, 0.15) is 23.6 Å². The Morgan fingerprint density at radius 1 is 1.43 bits per heavy atom. The van der Waals surface area contributed by atoms with Crippen molar-refractivity contribution in [3.8, 4) is 0 Å². The van der Waals surface area contributed by atoms with Crippen molar-refractivity contribution in [1.82, 2.24) is 10.2 Å². The Kier molecular flexibility index (Phi) is 3.91. The van der Waals surface area contributed by atoms with Crippen molar-refractivity contribution in [3.63, 3.8) is 0 Å². The second-order valence-corrected chi connectivity index (χ2v) is 6.39. The molecule has 0 radical (unpaired) electrons. The molecule has 0 fully saturated rings. The Morgan fingerprint density at radius 2 is 2.10 bits per heavy atom. The van der Waals surface area contributed by atoms with E-state index in [4.69, 9.17) is 5.73 Å². The Labute approximate surface area is 122 Å². The van der Waals surface area contributed by atoms with Crippen LogP contribution in [0.2, 0.25) is 0 Å². The van der Waals surface area contributed by atoms with E-state index in [0.29, 0.717) is 17.8 Å². The number of H-pyrrole nitrogens is 1. The van der Waals surface area contributed by atoms with Crippen LogP contribution in [0, 0.1) is 19.7 Å². The van der Waals surface area contributed by atoms with Gasteiger partial charge in [0.1, 0.15) is 11.6 Å². The summed E-state index contributed by atoms with van der Waals surface area (Å²) < 4.78 is 41.1. The van der Waals surface area contributed by atoms with E-state index >= 15 is 0 Å². The van der Waals surface area contributed by atoms with Crippen molar-refractivity contribution in [3.05, 3.63) is 34.8 Å². The molecule has 2 aromatic rings. The molecule has 6 nitrogen and oxygen atoms in total. The second kappa shape index (κ2) is 5.36. The number of benzene rings is 1. The molecule has 0 saturated carbocycles. The fourth-order valence-electron chi connectivity index (χ4n) is 2.20. The van der Waals surface area contributed by atoms with Gasteiger partial charge in [-0.05, 0) is 37.5 Å². The predicted molar refractivity (Wildman–Crippen MR) is 79.1 cm³/mol. The molecule has 1 aromatic heterocycles. The zero-order valence-electron chi connectivity index (χ0n) is 12.0. The van der Waals surface area contributed by atoms with Gasteiger partial charge in [0.15, 0.2) is 0 Å². The normalized spacial score (nSPS) is 11.6. The SMILES string of the molecule is CCc1cn[nH]c1NS(=O)(=O)c1c(C)cc(F)c(N)c1C. The van der Waals surface area contributed by atoms with Gasteiger partial charge in [-0.1, -0.05) is 6.92 Å². The quantitative estimate of drug-likeness (QED) is 0.753. The van der Waals surface area contributed by atoms with E-state index in [0.717, 1.165) is 11.6 Å². The maximum absolute atomic E-state index is 13.5. The van der Waals surface area contributed by atoms with Gasteiger partial charge in [-0.25, -0.2) is 12.8 Å². The molecule has 4 N–H and O–H groups in total. The third-order valence-corrected chi connectivity index (χ3v) is 4.95. The minimum absolute atomic E-state index is 0.0157. The first-order valence-electron chi connectivity index (χ1n) is 6.38. The number of nitrogens with zero attached hydrogens (tertiary/aromatic N) is 1. The fraction of sp³-hybridized carbons (Fsp3) is 0.308. The highest BCUT2D eigenvalue weighted by Crippen LogP contribution is 2.29. The zero-order chi connectivity index (χ0) is 15.8. The maximum atomic E-state index is 13.5. The Bertz CT molecular complexity index is 784. The van der Waals surface area contributed by atoms with Gasteiger partial charge in [-0.15, -0.1) is 0 Å². The first kappa shape index (κ1) is 15.3. The molecular formula is C13H17FN4O2S. The third kappa shape index (κ3) is 2.71. The highest BCUT2D eigenvalue weighted by Gasteiger charge is 2.24. The molecule has 8 heteroatoms. The van der Waals surface area contributed by atoms with Gasteiger partial charge in [0.25, 0.3) is 10.0 Å². The third-order valence-electron chi connectivity index (χ3n) is 3.31. The number of aromatic amines is 1. The summed E-state index contributed by atoms with van der Waals surface area (Å²) >= 11 is 0. The Balaban J connectivity index is 2.53. The summed E-state index contributed by atoms with van der Waals surface area (Å²) in [6.45, 7) is 4.89. The molecule has 0 aliphatic rings. The van der Waals surface area contributed by atoms with Crippen LogP contribution >= 0.6 is 0 Å². The van der Waals surface area contributed by atoms with Gasteiger partial charge in [0.05, 0.1) is 16.8 Å². The number of nitrogen functional groups attached to an aromatic ring is 1. The lowest BCUT2D eigenvalue weighted by atomic mass is 10.1. The minimum atomic E-state index is -3.88. The van der Waals surface area contributed by atoms with Gasteiger partial charge < -0.3 is 5.73 Å². The summed E-state index contributed by atoms with van der Waals surface area (Å²) in [4.78, 5) is -0.0157. The lowest BCUT2D eigenvalue weighted by Crippen LogP contribution is -2.18. The van der Waals surface area contributed by atoms with E-state index < -0.39 is 15.8 Å². The number of aromatic nitrogens is 2. The molecule has 0 saturated heterocycles. The number of nitrogens with two attached hydrogens (primary N) is 1. The second-order valence-electron chi connectivity index (χ2n) is 4.77. The van der Waals surface area contributed by atoms with Crippen molar-refractivity contribution in [2.75, 3.05) is 10.5 Å². The molecule has 21 heavy (non-hydrogen) atoms. The molecule has 0 atom stereocenters. The minimum Gasteiger partial charge on any atom is -0.396 e. The van der Waals surface area contributed by atoms with Gasteiger partial charge >= 0.3 is 0 Å². The number of nitrogens with one attached hydrogen (secondary N) is 2. The van der Waals surface area contributed by atoms with Crippen LogP contribution in [0.3, 0.4) is 0 Å². The lowest BCUT2D eigenvalue weighted by molar-refractivity contribution is 0.598. The highest BCUT2D eigenvalue weighted by molar-refractivity contribution is 7.92. The summed E-state index contributed by atoms with van der Waals surface area (Å²) in [6.07, 6.45) is 2.18. The maximum Gasteiger partial charge on any atom is 0.263 e. The van der Waals surface area contributed by atoms with Crippen LogP contribution in [-0.4, -0.2) is 18.6 Å². The van der Waals surface area contributed by atoms with E-state index in [9.17, 15) is 12.8 Å². The van der Waals surface area contributed by atoms with Gasteiger partial charge in [-0.3, -0.25) is 9.82 Å². The largest absolute Gasteiger partial charge is 0.396 e. The van der Waals surface area contributed by atoms with Crippen LogP contribution in [0.25, 0.3) is 0 Å². The zero-order valence-corrected chi connectivity index (χ0v) is 12.8. The number of rotatable bonds is 4. The van der Waals surface area contributed by atoms with Crippen LogP contribution < -0.4 is 10.5 Å². The molecule has 114 valence electrons. The van der Waals surface area contributed by atoms with Crippen LogP contribution in [0.15, 0.2) is 17.2 Å². The molecule has 0 aliphatic heterocycles. The summed E-state index contributed by atoms with van der Waals surface area (Å²) in [5.41, 5.74) is 6.65. The monoisotopic (exact) mass is 312 g/mol. The number of halogens is 1. The smallest absolute Gasteiger partial charge is 0.263 e. The van der Waals surface area contributed by atoms with Crippen molar-refractivity contribution >= 4 is 21.5 Å². The van der Waals surface area contributed by atoms with Crippen LogP contribution in [0.4, 0.5) is 15.9 Å². The van der Waals surface area contributed by atoms with E-state index in [1.807, 2.05) is 6.92 Å². The fourth-order valence-corrected chi connectivity index (χ4v) is 3.74. The van der Waals surface area contributed by atoms with Gasteiger partial charge in [-0.2, -0.15) is 5.10 Å². The van der Waals surface area contributed by atoms with Gasteiger partial charge in [0, 0.05) is 5.56 Å². The topological polar surface area (TPSA) is 101 Å². The van der Waals surface area contributed by atoms with Crippen LogP contribution in [0.5, 0.6) is 0 Å². The summed E-state index contributed by atoms with van der Waals surface area (Å²) in [6, 6.07) is 1.12. The first-order chi connectivity index (χ1) is 9.77. The Hall–Kier alpha value is -2.09. The van der Waals surface area contributed by atoms with E-state index in [1.165, 1.54) is 13.8 Å². The van der Waals surface area contributed by atoms with E-state index in [1.54, 1.807) is 6.20 Å². The van der Waals surface area contributed by atoms with Crippen LogP contribution in [-0.2, 0) is 16.4 Å². The summed E-state index contributed by atoms with van der Waals surface area (Å²) in [5.74, 6) is -0.320. The van der Waals surface area contributed by atoms with Crippen molar-refractivity contribution in [2.24, 2.45) is 0 Å².